The molecule has 0 aromatic carbocycles. The summed E-state index contributed by atoms with van der Waals surface area (Å²) in [4.78, 5) is 0. The van der Waals surface area contributed by atoms with E-state index in [1.807, 2.05) is 6.92 Å². The fraction of sp³-hybridized carbons (Fsp3) is 0.857. The lowest BCUT2D eigenvalue weighted by molar-refractivity contribution is 0.127. The molecule has 0 aromatic rings. The first kappa shape index (κ1) is 12.8. The quantitative estimate of drug-likeness (QED) is 0.703. The molecule has 88 valence electrons. The summed E-state index contributed by atoms with van der Waals surface area (Å²) in [5.74, 6) is 1.14. The molecule has 1 heteroatoms. The Morgan fingerprint density at radius 3 is 2.60 bits per heavy atom. The second-order valence-electron chi connectivity index (χ2n) is 5.85. The van der Waals surface area contributed by atoms with Gasteiger partial charge >= 0.3 is 0 Å². The highest BCUT2D eigenvalue weighted by Crippen LogP contribution is 2.44. The Labute approximate surface area is 94.6 Å². The summed E-state index contributed by atoms with van der Waals surface area (Å²) in [5.41, 5.74) is 1.87. The Balaban J connectivity index is 2.72. The molecule has 0 amide bonds. The van der Waals surface area contributed by atoms with Crippen LogP contribution in [0.25, 0.3) is 0 Å². The minimum absolute atomic E-state index is 0.195. The van der Waals surface area contributed by atoms with Crippen molar-refractivity contribution in [3.8, 4) is 0 Å². The van der Waals surface area contributed by atoms with Crippen LogP contribution in [-0.4, -0.2) is 11.2 Å². The normalized spacial score (nSPS) is 29.5. The number of rotatable bonds is 3. The molecule has 0 saturated heterocycles. The Morgan fingerprint density at radius 1 is 1.47 bits per heavy atom. The van der Waals surface area contributed by atoms with E-state index >= 15 is 0 Å². The number of aliphatic hydroxyl groups excluding tert-OH is 1. The van der Waals surface area contributed by atoms with Gasteiger partial charge < -0.3 is 5.11 Å². The molecule has 1 rings (SSSR count). The fourth-order valence-electron chi connectivity index (χ4n) is 2.31. The van der Waals surface area contributed by atoms with Crippen LogP contribution in [0.3, 0.4) is 0 Å². The third-order valence-electron chi connectivity index (χ3n) is 4.42. The van der Waals surface area contributed by atoms with Gasteiger partial charge in [0.25, 0.3) is 0 Å². The first-order valence-corrected chi connectivity index (χ1v) is 6.23. The van der Waals surface area contributed by atoms with E-state index < -0.39 is 0 Å². The van der Waals surface area contributed by atoms with Gasteiger partial charge in [0.2, 0.25) is 0 Å². The second kappa shape index (κ2) is 4.69. The average Bonchev–Trinajstić information content (AvgIpc) is 2.13. The number of aliphatic hydroxyl groups is 1. The van der Waals surface area contributed by atoms with Gasteiger partial charge in [-0.25, -0.2) is 0 Å². The summed E-state index contributed by atoms with van der Waals surface area (Å²) < 4.78 is 0. The highest BCUT2D eigenvalue weighted by Gasteiger charge is 2.33. The van der Waals surface area contributed by atoms with E-state index in [0.29, 0.717) is 11.3 Å². The van der Waals surface area contributed by atoms with Gasteiger partial charge in [-0.3, -0.25) is 0 Å². The van der Waals surface area contributed by atoms with Crippen molar-refractivity contribution in [1.29, 1.82) is 0 Å². The third kappa shape index (κ3) is 2.84. The molecule has 1 aliphatic rings. The molecule has 0 bridgehead atoms. The van der Waals surface area contributed by atoms with Crippen molar-refractivity contribution in [2.75, 3.05) is 0 Å². The van der Waals surface area contributed by atoms with Crippen molar-refractivity contribution in [3.63, 3.8) is 0 Å². The maximum atomic E-state index is 9.56. The minimum atomic E-state index is -0.195. The molecule has 3 unspecified atom stereocenters. The summed E-state index contributed by atoms with van der Waals surface area (Å²) >= 11 is 0. The van der Waals surface area contributed by atoms with E-state index in [0.717, 1.165) is 12.3 Å². The summed E-state index contributed by atoms with van der Waals surface area (Å²) in [6.07, 6.45) is 5.78. The predicted molar refractivity (Wildman–Crippen MR) is 65.7 cm³/mol. The molecule has 1 N–H and O–H groups in total. The first-order valence-electron chi connectivity index (χ1n) is 6.23. The molecule has 0 spiro atoms. The van der Waals surface area contributed by atoms with E-state index in [2.05, 4.69) is 33.8 Å². The topological polar surface area (TPSA) is 20.2 Å². The van der Waals surface area contributed by atoms with Crippen molar-refractivity contribution in [2.45, 2.75) is 60.0 Å². The predicted octanol–water partition coefficient (Wildman–Crippen LogP) is 3.78. The molecule has 0 saturated carbocycles. The van der Waals surface area contributed by atoms with E-state index in [9.17, 15) is 5.11 Å². The van der Waals surface area contributed by atoms with Crippen molar-refractivity contribution < 1.29 is 5.11 Å². The maximum Gasteiger partial charge on any atom is 0.0540 e. The smallest absolute Gasteiger partial charge is 0.0540 e. The standard InChI is InChI=1S/C14H26O/c1-10(12(3)15)9-13-8-6-7-11(2)14(13,4)5/h8,10-12,15H,6-7,9H2,1-5H3. The third-order valence-corrected chi connectivity index (χ3v) is 4.42. The van der Waals surface area contributed by atoms with Crippen LogP contribution in [0.1, 0.15) is 53.9 Å². The Morgan fingerprint density at radius 2 is 2.07 bits per heavy atom. The van der Waals surface area contributed by atoms with Gasteiger partial charge in [0.05, 0.1) is 6.10 Å². The summed E-state index contributed by atoms with van der Waals surface area (Å²) in [7, 11) is 0. The van der Waals surface area contributed by atoms with Gasteiger partial charge in [0, 0.05) is 0 Å². The molecule has 0 aromatic heterocycles. The minimum Gasteiger partial charge on any atom is -0.393 e. The SMILES string of the molecule is CC(O)C(C)CC1=CCCC(C)C1(C)C. The Kier molecular flexibility index (Phi) is 3.99. The summed E-state index contributed by atoms with van der Waals surface area (Å²) in [6, 6.07) is 0. The van der Waals surface area contributed by atoms with E-state index in [-0.39, 0.29) is 6.10 Å². The average molecular weight is 210 g/mol. The molecule has 1 nitrogen and oxygen atoms in total. The van der Waals surface area contributed by atoms with Crippen LogP contribution in [0.4, 0.5) is 0 Å². The van der Waals surface area contributed by atoms with E-state index in [1.54, 1.807) is 5.57 Å². The number of allylic oxidation sites excluding steroid dienone is 2. The molecule has 0 heterocycles. The van der Waals surface area contributed by atoms with E-state index in [1.165, 1.54) is 12.8 Å². The zero-order valence-electron chi connectivity index (χ0n) is 10.9. The lowest BCUT2D eigenvalue weighted by atomic mass is 9.66. The highest BCUT2D eigenvalue weighted by molar-refractivity contribution is 5.17. The van der Waals surface area contributed by atoms with Crippen LogP contribution in [0, 0.1) is 17.3 Å². The highest BCUT2D eigenvalue weighted by atomic mass is 16.3. The molecule has 0 radical (unpaired) electrons. The van der Waals surface area contributed by atoms with Crippen LogP contribution in [0.5, 0.6) is 0 Å². The van der Waals surface area contributed by atoms with Gasteiger partial charge in [0.1, 0.15) is 0 Å². The van der Waals surface area contributed by atoms with Gasteiger partial charge in [-0.2, -0.15) is 0 Å². The molecular weight excluding hydrogens is 184 g/mol. The molecule has 0 aliphatic heterocycles. The van der Waals surface area contributed by atoms with Crippen molar-refractivity contribution in [2.24, 2.45) is 17.3 Å². The monoisotopic (exact) mass is 210 g/mol. The van der Waals surface area contributed by atoms with Crippen LogP contribution in [0.2, 0.25) is 0 Å². The number of hydrogen-bond donors (Lipinski definition) is 1. The lowest BCUT2D eigenvalue weighted by Crippen LogP contribution is -2.29. The van der Waals surface area contributed by atoms with Crippen LogP contribution in [0.15, 0.2) is 11.6 Å². The molecule has 15 heavy (non-hydrogen) atoms. The zero-order valence-corrected chi connectivity index (χ0v) is 10.9. The summed E-state index contributed by atoms with van der Waals surface area (Å²) in [5, 5.41) is 9.56. The zero-order chi connectivity index (χ0) is 11.6. The fourth-order valence-corrected chi connectivity index (χ4v) is 2.31. The van der Waals surface area contributed by atoms with Gasteiger partial charge in [-0.15, -0.1) is 0 Å². The van der Waals surface area contributed by atoms with Gasteiger partial charge in [-0.1, -0.05) is 39.3 Å². The lowest BCUT2D eigenvalue weighted by Gasteiger charge is -2.39. The molecule has 3 atom stereocenters. The Bertz CT molecular complexity index is 238. The van der Waals surface area contributed by atoms with Crippen LogP contribution < -0.4 is 0 Å². The Hall–Kier alpha value is -0.300. The first-order chi connectivity index (χ1) is 6.85. The van der Waals surface area contributed by atoms with Crippen LogP contribution in [-0.2, 0) is 0 Å². The largest absolute Gasteiger partial charge is 0.393 e. The number of hydrogen-bond acceptors (Lipinski definition) is 1. The van der Waals surface area contributed by atoms with Crippen molar-refractivity contribution in [3.05, 3.63) is 11.6 Å². The van der Waals surface area contributed by atoms with Crippen molar-refractivity contribution in [1.82, 2.24) is 0 Å². The summed E-state index contributed by atoms with van der Waals surface area (Å²) in [6.45, 7) is 11.1. The molecule has 1 aliphatic carbocycles. The van der Waals surface area contributed by atoms with E-state index in [4.69, 9.17) is 0 Å². The molecular formula is C14H26O. The maximum absolute atomic E-state index is 9.56. The second-order valence-corrected chi connectivity index (χ2v) is 5.85. The van der Waals surface area contributed by atoms with Gasteiger partial charge in [-0.05, 0) is 43.4 Å². The molecule has 0 fully saturated rings. The van der Waals surface area contributed by atoms with Crippen molar-refractivity contribution >= 4 is 0 Å². The van der Waals surface area contributed by atoms with Gasteiger partial charge in [0.15, 0.2) is 0 Å². The van der Waals surface area contributed by atoms with Crippen LogP contribution >= 0.6 is 0 Å².